The summed E-state index contributed by atoms with van der Waals surface area (Å²) in [6.07, 6.45) is 0. The first-order valence-electron chi connectivity index (χ1n) is 7.92. The minimum absolute atomic E-state index is 0.0460. The number of nitrogens with zero attached hydrogens (tertiary/aromatic N) is 2. The number of halogens is 3. The third-order valence-corrected chi connectivity index (χ3v) is 4.57. The zero-order valence-electron chi connectivity index (χ0n) is 14.4. The lowest BCUT2D eigenvalue weighted by atomic mass is 9.94. The summed E-state index contributed by atoms with van der Waals surface area (Å²) in [5, 5.41) is 0. The Morgan fingerprint density at radius 2 is 1.40 bits per heavy atom. The van der Waals surface area contributed by atoms with Crippen LogP contribution in [0.2, 0.25) is 0 Å². The fraction of sp³-hybridized carbons (Fsp3) is 0.529. The highest BCUT2D eigenvalue weighted by Crippen LogP contribution is 2.36. The number of hydrogen-bond donors (Lipinski definition) is 0. The number of hydrogen-bond acceptors (Lipinski definition) is 3. The topological polar surface area (TPSA) is 40.6 Å². The molecule has 4 nitrogen and oxygen atoms in total. The summed E-state index contributed by atoms with van der Waals surface area (Å²) >= 11 is -0.207. The molecule has 8 heteroatoms. The van der Waals surface area contributed by atoms with Crippen LogP contribution in [0.5, 0.6) is 0 Å². The molecular weight excluding hydrogens is 353 g/mol. The molecule has 0 aliphatic carbocycles. The van der Waals surface area contributed by atoms with Crippen molar-refractivity contribution in [3.63, 3.8) is 0 Å². The molecule has 1 aromatic carbocycles. The van der Waals surface area contributed by atoms with Crippen LogP contribution in [0.3, 0.4) is 0 Å². The van der Waals surface area contributed by atoms with Crippen LogP contribution in [0.25, 0.3) is 0 Å². The van der Waals surface area contributed by atoms with Crippen LogP contribution in [0, 0.1) is 5.41 Å². The molecule has 0 unspecified atom stereocenters. The van der Waals surface area contributed by atoms with Gasteiger partial charge in [0.25, 0.3) is 5.91 Å². The molecule has 0 saturated carbocycles. The second-order valence-corrected chi connectivity index (χ2v) is 8.05. The van der Waals surface area contributed by atoms with E-state index in [2.05, 4.69) is 0 Å². The van der Waals surface area contributed by atoms with Gasteiger partial charge in [-0.05, 0) is 36.0 Å². The summed E-state index contributed by atoms with van der Waals surface area (Å²) in [5.41, 5.74) is -4.46. The minimum Gasteiger partial charge on any atom is -0.339 e. The lowest BCUT2D eigenvalue weighted by molar-refractivity contribution is -0.140. The Morgan fingerprint density at radius 1 is 0.920 bits per heavy atom. The normalized spacial score (nSPS) is 16.1. The zero-order valence-corrected chi connectivity index (χ0v) is 15.2. The number of carbonyl (C=O) groups is 2. The van der Waals surface area contributed by atoms with E-state index in [0.717, 1.165) is 0 Å². The molecule has 2 rings (SSSR count). The number of amides is 2. The predicted octanol–water partition coefficient (Wildman–Crippen LogP) is 3.63. The molecule has 0 N–H and O–H groups in total. The third kappa shape index (κ3) is 5.39. The highest BCUT2D eigenvalue weighted by molar-refractivity contribution is 8.00. The molecule has 0 radical (unpaired) electrons. The molecule has 1 aliphatic rings. The highest BCUT2D eigenvalue weighted by atomic mass is 32.2. The predicted molar refractivity (Wildman–Crippen MR) is 90.3 cm³/mol. The SMILES string of the molecule is CC(C)(C)C(=O)N1CCN(C(=O)c2ccc(SC(F)(F)F)cc2)CC1. The molecule has 1 fully saturated rings. The fourth-order valence-corrected chi connectivity index (χ4v) is 3.11. The number of thioether (sulfide) groups is 1. The summed E-state index contributed by atoms with van der Waals surface area (Å²) in [4.78, 5) is 28.1. The first-order valence-corrected chi connectivity index (χ1v) is 8.73. The van der Waals surface area contributed by atoms with Crippen LogP contribution in [0.1, 0.15) is 31.1 Å². The Balaban J connectivity index is 1.95. The Bertz CT molecular complexity index is 631. The van der Waals surface area contributed by atoms with Gasteiger partial charge in [-0.3, -0.25) is 9.59 Å². The van der Waals surface area contributed by atoms with Crippen LogP contribution in [0.4, 0.5) is 13.2 Å². The standard InChI is InChI=1S/C17H21F3N2O2S/c1-16(2,3)15(24)22-10-8-21(9-11-22)14(23)12-4-6-13(7-5-12)25-17(18,19)20/h4-7H,8-11H2,1-3H3. The van der Waals surface area contributed by atoms with E-state index in [-0.39, 0.29) is 28.5 Å². The van der Waals surface area contributed by atoms with E-state index >= 15 is 0 Å². The smallest absolute Gasteiger partial charge is 0.339 e. The van der Waals surface area contributed by atoms with Gasteiger partial charge in [-0.1, -0.05) is 20.8 Å². The minimum atomic E-state index is -4.35. The van der Waals surface area contributed by atoms with Gasteiger partial charge in [0.2, 0.25) is 5.91 Å². The molecule has 2 amide bonds. The van der Waals surface area contributed by atoms with Crippen LogP contribution in [-0.4, -0.2) is 53.3 Å². The monoisotopic (exact) mass is 374 g/mol. The first-order chi connectivity index (χ1) is 11.5. The molecule has 1 aromatic rings. The maximum absolute atomic E-state index is 12.5. The van der Waals surface area contributed by atoms with Crippen LogP contribution < -0.4 is 0 Å². The van der Waals surface area contributed by atoms with Crippen LogP contribution >= 0.6 is 11.8 Å². The number of piperazine rings is 1. The Morgan fingerprint density at radius 3 is 1.84 bits per heavy atom. The molecule has 1 heterocycles. The average molecular weight is 374 g/mol. The molecule has 1 saturated heterocycles. The van der Waals surface area contributed by atoms with E-state index in [1.165, 1.54) is 24.3 Å². The van der Waals surface area contributed by atoms with E-state index < -0.39 is 10.9 Å². The van der Waals surface area contributed by atoms with E-state index in [1.807, 2.05) is 20.8 Å². The molecular formula is C17H21F3N2O2S. The van der Waals surface area contributed by atoms with E-state index in [1.54, 1.807) is 9.80 Å². The molecule has 25 heavy (non-hydrogen) atoms. The van der Waals surface area contributed by atoms with Gasteiger partial charge in [0.15, 0.2) is 0 Å². The molecule has 0 atom stereocenters. The van der Waals surface area contributed by atoms with Crippen LogP contribution in [0.15, 0.2) is 29.2 Å². The molecule has 0 bridgehead atoms. The lowest BCUT2D eigenvalue weighted by Crippen LogP contribution is -2.53. The number of alkyl halides is 3. The summed E-state index contributed by atoms with van der Waals surface area (Å²) < 4.78 is 37.0. The quantitative estimate of drug-likeness (QED) is 0.743. The van der Waals surface area contributed by atoms with Gasteiger partial charge < -0.3 is 9.80 Å². The molecule has 0 aromatic heterocycles. The molecule has 138 valence electrons. The van der Waals surface area contributed by atoms with Crippen molar-refractivity contribution in [1.82, 2.24) is 9.80 Å². The second kappa shape index (κ2) is 7.27. The van der Waals surface area contributed by atoms with Crippen molar-refractivity contribution in [2.45, 2.75) is 31.2 Å². The summed E-state index contributed by atoms with van der Waals surface area (Å²) in [6, 6.07) is 5.40. The van der Waals surface area contributed by atoms with E-state index in [0.29, 0.717) is 31.7 Å². The van der Waals surface area contributed by atoms with Gasteiger partial charge in [-0.2, -0.15) is 13.2 Å². The van der Waals surface area contributed by atoms with Gasteiger partial charge in [0.1, 0.15) is 0 Å². The van der Waals surface area contributed by atoms with Crippen molar-refractivity contribution < 1.29 is 22.8 Å². The van der Waals surface area contributed by atoms with Gasteiger partial charge in [-0.15, -0.1) is 0 Å². The summed E-state index contributed by atoms with van der Waals surface area (Å²) in [7, 11) is 0. The Kier molecular flexibility index (Phi) is 5.71. The van der Waals surface area contributed by atoms with Gasteiger partial charge in [-0.25, -0.2) is 0 Å². The number of carbonyl (C=O) groups excluding carboxylic acids is 2. The van der Waals surface area contributed by atoms with Crippen molar-refractivity contribution in [1.29, 1.82) is 0 Å². The van der Waals surface area contributed by atoms with Gasteiger partial charge in [0.05, 0.1) is 0 Å². The maximum atomic E-state index is 12.5. The lowest BCUT2D eigenvalue weighted by Gasteiger charge is -2.37. The van der Waals surface area contributed by atoms with Crippen molar-refractivity contribution in [3.05, 3.63) is 29.8 Å². The van der Waals surface area contributed by atoms with E-state index in [4.69, 9.17) is 0 Å². The highest BCUT2D eigenvalue weighted by Gasteiger charge is 2.31. The number of rotatable bonds is 2. The van der Waals surface area contributed by atoms with Crippen molar-refractivity contribution in [2.24, 2.45) is 5.41 Å². The van der Waals surface area contributed by atoms with Crippen molar-refractivity contribution >= 4 is 23.6 Å². The zero-order chi connectivity index (χ0) is 18.8. The largest absolute Gasteiger partial charge is 0.446 e. The maximum Gasteiger partial charge on any atom is 0.446 e. The third-order valence-electron chi connectivity index (χ3n) is 3.83. The summed E-state index contributed by atoms with van der Waals surface area (Å²) in [6.45, 7) is 7.32. The second-order valence-electron chi connectivity index (χ2n) is 6.91. The van der Waals surface area contributed by atoms with Crippen molar-refractivity contribution in [2.75, 3.05) is 26.2 Å². The fourth-order valence-electron chi connectivity index (χ4n) is 2.57. The molecule has 1 aliphatic heterocycles. The summed E-state index contributed by atoms with van der Waals surface area (Å²) in [5.74, 6) is -0.181. The van der Waals surface area contributed by atoms with Crippen LogP contribution in [-0.2, 0) is 4.79 Å². The average Bonchev–Trinajstić information content (AvgIpc) is 2.52. The Labute approximate surface area is 149 Å². The van der Waals surface area contributed by atoms with E-state index in [9.17, 15) is 22.8 Å². The Hall–Kier alpha value is -1.70. The first kappa shape index (κ1) is 19.6. The van der Waals surface area contributed by atoms with Crippen molar-refractivity contribution in [3.8, 4) is 0 Å². The van der Waals surface area contributed by atoms with Gasteiger partial charge >= 0.3 is 5.51 Å². The number of benzene rings is 1. The molecule has 0 spiro atoms. The van der Waals surface area contributed by atoms with Gasteiger partial charge in [0, 0.05) is 42.1 Å².